The molecule has 126 valence electrons. The third kappa shape index (κ3) is 3.11. The molecule has 0 amide bonds. The molecule has 0 spiro atoms. The molecule has 0 aliphatic carbocycles. The molecule has 3 rings (SSSR count). The van der Waals surface area contributed by atoms with Crippen molar-refractivity contribution in [3.8, 4) is 5.88 Å². The average Bonchev–Trinajstić information content (AvgIpc) is 3.19. The maximum absolute atomic E-state index is 5.92. The summed E-state index contributed by atoms with van der Waals surface area (Å²) < 4.78 is 15.0. The predicted octanol–water partition coefficient (Wildman–Crippen LogP) is 1.34. The van der Waals surface area contributed by atoms with Crippen LogP contribution in [-0.2, 0) is 25.4 Å². The highest BCUT2D eigenvalue weighted by Crippen LogP contribution is 2.33. The van der Waals surface area contributed by atoms with Crippen LogP contribution < -0.4 is 10.1 Å². The highest BCUT2D eigenvalue weighted by atomic mass is 16.5. The van der Waals surface area contributed by atoms with Gasteiger partial charge >= 0.3 is 0 Å². The van der Waals surface area contributed by atoms with Crippen LogP contribution in [-0.4, -0.2) is 39.8 Å². The van der Waals surface area contributed by atoms with E-state index in [1.165, 1.54) is 0 Å². The van der Waals surface area contributed by atoms with Gasteiger partial charge in [-0.25, -0.2) is 4.68 Å². The van der Waals surface area contributed by atoms with Crippen molar-refractivity contribution >= 4 is 0 Å². The van der Waals surface area contributed by atoms with Gasteiger partial charge in [-0.05, 0) is 19.4 Å². The fourth-order valence-electron chi connectivity index (χ4n) is 3.36. The summed E-state index contributed by atoms with van der Waals surface area (Å²) >= 11 is 0. The van der Waals surface area contributed by atoms with E-state index in [1.54, 1.807) is 11.8 Å². The quantitative estimate of drug-likeness (QED) is 0.870. The minimum atomic E-state index is 0.117. The van der Waals surface area contributed by atoms with E-state index in [9.17, 15) is 0 Å². The van der Waals surface area contributed by atoms with E-state index in [0.717, 1.165) is 48.9 Å². The van der Waals surface area contributed by atoms with Gasteiger partial charge in [0.1, 0.15) is 6.10 Å². The van der Waals surface area contributed by atoms with E-state index < -0.39 is 0 Å². The van der Waals surface area contributed by atoms with Crippen LogP contribution in [0.3, 0.4) is 0 Å². The van der Waals surface area contributed by atoms with Crippen LogP contribution in [0.4, 0.5) is 0 Å². The molecule has 1 aliphatic heterocycles. The Bertz CT molecular complexity index is 663. The van der Waals surface area contributed by atoms with Gasteiger partial charge in [0.15, 0.2) is 0 Å². The van der Waals surface area contributed by atoms with Crippen molar-refractivity contribution in [2.24, 2.45) is 20.0 Å². The van der Waals surface area contributed by atoms with Gasteiger partial charge in [0, 0.05) is 45.9 Å². The van der Waals surface area contributed by atoms with Gasteiger partial charge in [0.05, 0.1) is 24.1 Å². The van der Waals surface area contributed by atoms with E-state index >= 15 is 0 Å². The molecule has 1 saturated heterocycles. The summed E-state index contributed by atoms with van der Waals surface area (Å²) in [6.45, 7) is 4.46. The number of nitrogens with zero attached hydrogens (tertiary/aromatic N) is 4. The number of methoxy groups -OCH3 is 1. The molecule has 3 heterocycles. The van der Waals surface area contributed by atoms with Gasteiger partial charge in [0.25, 0.3) is 0 Å². The first-order valence-electron chi connectivity index (χ1n) is 7.98. The first-order chi connectivity index (χ1) is 11.1. The van der Waals surface area contributed by atoms with Crippen LogP contribution in [0.2, 0.25) is 0 Å². The molecule has 0 aromatic carbocycles. The Balaban J connectivity index is 1.61. The summed E-state index contributed by atoms with van der Waals surface area (Å²) in [7, 11) is 5.55. The van der Waals surface area contributed by atoms with Crippen LogP contribution in [0, 0.1) is 12.8 Å². The summed E-state index contributed by atoms with van der Waals surface area (Å²) in [4.78, 5) is 0. The second-order valence-electron chi connectivity index (χ2n) is 6.05. The van der Waals surface area contributed by atoms with Crippen molar-refractivity contribution < 1.29 is 9.47 Å². The summed E-state index contributed by atoms with van der Waals surface area (Å²) in [5, 5.41) is 12.2. The van der Waals surface area contributed by atoms with Crippen molar-refractivity contribution in [2.45, 2.75) is 26.0 Å². The predicted molar refractivity (Wildman–Crippen MR) is 86.2 cm³/mol. The minimum absolute atomic E-state index is 0.117. The normalized spacial score (nSPS) is 21.0. The zero-order chi connectivity index (χ0) is 16.4. The van der Waals surface area contributed by atoms with E-state index in [4.69, 9.17) is 9.47 Å². The fourth-order valence-corrected chi connectivity index (χ4v) is 3.36. The van der Waals surface area contributed by atoms with Gasteiger partial charge in [0.2, 0.25) is 5.88 Å². The van der Waals surface area contributed by atoms with Crippen molar-refractivity contribution in [2.75, 3.05) is 20.3 Å². The van der Waals surface area contributed by atoms with Crippen LogP contribution in [0.25, 0.3) is 0 Å². The molecule has 0 bridgehead atoms. The Morgan fingerprint density at radius 2 is 2.22 bits per heavy atom. The second kappa shape index (κ2) is 6.72. The first kappa shape index (κ1) is 16.0. The highest BCUT2D eigenvalue weighted by molar-refractivity contribution is 5.30. The van der Waals surface area contributed by atoms with Crippen LogP contribution in [0.15, 0.2) is 12.3 Å². The number of hydrogen-bond acceptors (Lipinski definition) is 5. The number of aryl methyl sites for hydroxylation is 3. The molecular weight excluding hydrogens is 294 g/mol. The first-order valence-corrected chi connectivity index (χ1v) is 7.98. The summed E-state index contributed by atoms with van der Waals surface area (Å²) in [6.07, 6.45) is 3.00. The molecular formula is C16H25N5O2. The lowest BCUT2D eigenvalue weighted by Crippen LogP contribution is -2.25. The van der Waals surface area contributed by atoms with Crippen molar-refractivity contribution in [3.63, 3.8) is 0 Å². The van der Waals surface area contributed by atoms with Gasteiger partial charge in [-0.1, -0.05) is 0 Å². The SMILES string of the molecule is COc1c(CNC[C@@H]2CCO[C@H]2c2ccnn2C)c(C)nn1C. The molecule has 2 aromatic heterocycles. The number of aromatic nitrogens is 4. The van der Waals surface area contributed by atoms with Crippen molar-refractivity contribution in [1.82, 2.24) is 24.9 Å². The molecule has 7 heteroatoms. The number of rotatable bonds is 6. The number of nitrogens with one attached hydrogen (secondary N) is 1. The lowest BCUT2D eigenvalue weighted by molar-refractivity contribution is 0.0838. The highest BCUT2D eigenvalue weighted by Gasteiger charge is 2.31. The largest absolute Gasteiger partial charge is 0.481 e. The molecule has 1 aliphatic rings. The summed E-state index contributed by atoms with van der Waals surface area (Å²) in [6, 6.07) is 2.04. The third-order valence-electron chi connectivity index (χ3n) is 4.56. The van der Waals surface area contributed by atoms with Gasteiger partial charge in [-0.15, -0.1) is 0 Å². The molecule has 1 fully saturated rings. The van der Waals surface area contributed by atoms with Crippen LogP contribution in [0.1, 0.15) is 29.5 Å². The Labute approximate surface area is 136 Å². The fraction of sp³-hybridized carbons (Fsp3) is 0.625. The minimum Gasteiger partial charge on any atom is -0.481 e. The maximum atomic E-state index is 5.92. The Morgan fingerprint density at radius 3 is 2.91 bits per heavy atom. The second-order valence-corrected chi connectivity index (χ2v) is 6.05. The van der Waals surface area contributed by atoms with Gasteiger partial charge in [-0.3, -0.25) is 4.68 Å². The number of ether oxygens (including phenoxy) is 2. The molecule has 7 nitrogen and oxygen atoms in total. The standard InChI is InChI=1S/C16H25N5O2/c1-11-13(16(22-4)21(3)19-11)10-17-9-12-6-8-23-15(12)14-5-7-18-20(14)2/h5,7,12,15,17H,6,8-10H2,1-4H3/t12-,15+/m0/s1. The van der Waals surface area contributed by atoms with Crippen LogP contribution >= 0.6 is 0 Å². The lowest BCUT2D eigenvalue weighted by Gasteiger charge is -2.19. The molecule has 2 aromatic rings. The molecule has 0 radical (unpaired) electrons. The average molecular weight is 319 g/mol. The Kier molecular flexibility index (Phi) is 4.68. The van der Waals surface area contributed by atoms with E-state index in [1.807, 2.05) is 38.0 Å². The maximum Gasteiger partial charge on any atom is 0.216 e. The molecule has 1 N–H and O–H groups in total. The van der Waals surface area contributed by atoms with Gasteiger partial charge < -0.3 is 14.8 Å². The third-order valence-corrected chi connectivity index (χ3v) is 4.56. The molecule has 23 heavy (non-hydrogen) atoms. The topological polar surface area (TPSA) is 66.1 Å². The van der Waals surface area contributed by atoms with Crippen molar-refractivity contribution in [3.05, 3.63) is 29.2 Å². The monoisotopic (exact) mass is 319 g/mol. The van der Waals surface area contributed by atoms with Gasteiger partial charge in [-0.2, -0.15) is 10.2 Å². The smallest absolute Gasteiger partial charge is 0.216 e. The van der Waals surface area contributed by atoms with E-state index in [-0.39, 0.29) is 6.10 Å². The van der Waals surface area contributed by atoms with E-state index in [0.29, 0.717) is 5.92 Å². The summed E-state index contributed by atoms with van der Waals surface area (Å²) in [5.74, 6) is 1.27. The zero-order valence-corrected chi connectivity index (χ0v) is 14.2. The molecule has 2 atom stereocenters. The van der Waals surface area contributed by atoms with Crippen LogP contribution in [0.5, 0.6) is 5.88 Å². The Morgan fingerprint density at radius 1 is 1.39 bits per heavy atom. The zero-order valence-electron chi connectivity index (χ0n) is 14.2. The number of hydrogen-bond donors (Lipinski definition) is 1. The molecule has 0 unspecified atom stereocenters. The Hall–Kier alpha value is -1.86. The van der Waals surface area contributed by atoms with E-state index in [2.05, 4.69) is 15.5 Å². The lowest BCUT2D eigenvalue weighted by atomic mass is 9.99. The van der Waals surface area contributed by atoms with Crippen molar-refractivity contribution in [1.29, 1.82) is 0 Å². The summed E-state index contributed by atoms with van der Waals surface area (Å²) in [5.41, 5.74) is 3.26. The molecule has 0 saturated carbocycles.